The molecule has 1 aromatic rings. The summed E-state index contributed by atoms with van der Waals surface area (Å²) in [5, 5.41) is 16.9. The molecule has 0 aromatic carbocycles. The number of rotatable bonds is 4. The highest BCUT2D eigenvalue weighted by atomic mass is 32.2. The van der Waals surface area contributed by atoms with Crippen molar-refractivity contribution in [3.63, 3.8) is 0 Å². The summed E-state index contributed by atoms with van der Waals surface area (Å²) in [4.78, 5) is 0. The van der Waals surface area contributed by atoms with E-state index >= 15 is 0 Å². The summed E-state index contributed by atoms with van der Waals surface area (Å²) in [5.74, 6) is 0.519. The second-order valence-electron chi connectivity index (χ2n) is 3.97. The molecule has 1 heterocycles. The Morgan fingerprint density at radius 1 is 1.50 bits per heavy atom. The minimum Gasteiger partial charge on any atom is -0.447 e. The molecule has 4 N–H and O–H groups in total. The molecule has 6 nitrogen and oxygen atoms in total. The highest BCUT2D eigenvalue weighted by Crippen LogP contribution is 2.20. The molecule has 0 saturated heterocycles. The number of primary sulfonamides is 1. The molecule has 1 aliphatic carbocycles. The van der Waals surface area contributed by atoms with Crippen LogP contribution < -0.4 is 10.5 Å². The maximum Gasteiger partial charge on any atom is 0.271 e. The van der Waals surface area contributed by atoms with Gasteiger partial charge < -0.3 is 14.8 Å². The van der Waals surface area contributed by atoms with Gasteiger partial charge in [0.05, 0.1) is 12.6 Å². The van der Waals surface area contributed by atoms with Gasteiger partial charge in [0, 0.05) is 6.04 Å². The van der Waals surface area contributed by atoms with Gasteiger partial charge in [-0.2, -0.15) is 0 Å². The van der Waals surface area contributed by atoms with E-state index in [1.165, 1.54) is 6.07 Å². The first-order valence-corrected chi connectivity index (χ1v) is 6.53. The van der Waals surface area contributed by atoms with E-state index < -0.39 is 10.0 Å². The van der Waals surface area contributed by atoms with Gasteiger partial charge in [-0.3, -0.25) is 0 Å². The van der Waals surface area contributed by atoms with Crippen LogP contribution in [0.3, 0.4) is 0 Å². The molecule has 0 bridgehead atoms. The molecule has 1 aromatic heterocycles. The van der Waals surface area contributed by atoms with Gasteiger partial charge in [-0.1, -0.05) is 0 Å². The number of aliphatic hydroxyl groups is 1. The van der Waals surface area contributed by atoms with Gasteiger partial charge in [-0.15, -0.1) is 0 Å². The summed E-state index contributed by atoms with van der Waals surface area (Å²) in [6.45, 7) is 0.437. The summed E-state index contributed by atoms with van der Waals surface area (Å²) in [6, 6.07) is 3.18. The van der Waals surface area contributed by atoms with Crippen LogP contribution in [0.15, 0.2) is 21.6 Å². The molecule has 0 atom stereocenters. The third-order valence-electron chi connectivity index (χ3n) is 2.60. The lowest BCUT2D eigenvalue weighted by atomic mass is 9.89. The summed E-state index contributed by atoms with van der Waals surface area (Å²) in [7, 11) is -3.76. The molecule has 0 amide bonds. The van der Waals surface area contributed by atoms with Crippen LogP contribution in [0, 0.1) is 0 Å². The van der Waals surface area contributed by atoms with Crippen LogP contribution in [-0.2, 0) is 16.6 Å². The summed E-state index contributed by atoms with van der Waals surface area (Å²) < 4.78 is 26.9. The standard InChI is InChI=1S/C9H14N2O4S/c10-16(13,14)9-2-1-8(15-9)5-11-6-3-7(12)4-6/h1-2,6-7,11-12H,3-5H2,(H2,10,13,14). The second-order valence-corrected chi connectivity index (χ2v) is 5.46. The highest BCUT2D eigenvalue weighted by Gasteiger charge is 2.26. The van der Waals surface area contributed by atoms with Gasteiger partial charge in [0.25, 0.3) is 10.0 Å². The van der Waals surface area contributed by atoms with E-state index in [-0.39, 0.29) is 17.2 Å². The van der Waals surface area contributed by atoms with Crippen LogP contribution in [0.5, 0.6) is 0 Å². The van der Waals surface area contributed by atoms with Gasteiger partial charge in [0.2, 0.25) is 5.09 Å². The van der Waals surface area contributed by atoms with E-state index in [1.807, 2.05) is 0 Å². The molecular formula is C9H14N2O4S. The van der Waals surface area contributed by atoms with Crippen LogP contribution in [0.4, 0.5) is 0 Å². The first-order chi connectivity index (χ1) is 7.45. The Bertz CT molecular complexity index is 462. The SMILES string of the molecule is NS(=O)(=O)c1ccc(CNC2CC(O)C2)o1. The fourth-order valence-corrected chi connectivity index (χ4v) is 2.09. The van der Waals surface area contributed by atoms with Crippen LogP contribution in [0.25, 0.3) is 0 Å². The van der Waals surface area contributed by atoms with Gasteiger partial charge in [0.1, 0.15) is 5.76 Å². The molecular weight excluding hydrogens is 232 g/mol. The summed E-state index contributed by atoms with van der Waals surface area (Å²) >= 11 is 0. The van der Waals surface area contributed by atoms with E-state index in [2.05, 4.69) is 5.32 Å². The van der Waals surface area contributed by atoms with Crippen LogP contribution >= 0.6 is 0 Å². The maximum atomic E-state index is 10.9. The van der Waals surface area contributed by atoms with Crippen LogP contribution in [-0.4, -0.2) is 25.7 Å². The summed E-state index contributed by atoms with van der Waals surface area (Å²) in [6.07, 6.45) is 1.24. The number of hydrogen-bond donors (Lipinski definition) is 3. The van der Waals surface area contributed by atoms with E-state index in [4.69, 9.17) is 14.7 Å². The van der Waals surface area contributed by atoms with E-state index in [0.717, 1.165) is 12.8 Å². The fraction of sp³-hybridized carbons (Fsp3) is 0.556. The number of sulfonamides is 1. The molecule has 0 aliphatic heterocycles. The molecule has 1 aliphatic rings. The number of nitrogens with one attached hydrogen (secondary N) is 1. The molecule has 0 radical (unpaired) electrons. The number of hydrogen-bond acceptors (Lipinski definition) is 5. The van der Waals surface area contributed by atoms with Gasteiger partial charge in [-0.25, -0.2) is 13.6 Å². The zero-order chi connectivity index (χ0) is 11.8. The Balaban J connectivity index is 1.88. The smallest absolute Gasteiger partial charge is 0.271 e. The van der Waals surface area contributed by atoms with Crippen molar-refractivity contribution in [1.29, 1.82) is 0 Å². The van der Waals surface area contributed by atoms with Crippen molar-refractivity contribution in [2.45, 2.75) is 36.6 Å². The van der Waals surface area contributed by atoms with Crippen molar-refractivity contribution >= 4 is 10.0 Å². The summed E-state index contributed by atoms with van der Waals surface area (Å²) in [5.41, 5.74) is 0. The molecule has 7 heteroatoms. The molecule has 90 valence electrons. The topological polar surface area (TPSA) is 106 Å². The van der Waals surface area contributed by atoms with Gasteiger partial charge >= 0.3 is 0 Å². The third-order valence-corrected chi connectivity index (χ3v) is 3.38. The number of nitrogens with two attached hydrogens (primary N) is 1. The van der Waals surface area contributed by atoms with Crippen molar-refractivity contribution in [3.8, 4) is 0 Å². The van der Waals surface area contributed by atoms with Gasteiger partial charge in [0.15, 0.2) is 0 Å². The normalized spacial score (nSPS) is 25.4. The fourth-order valence-electron chi connectivity index (χ4n) is 1.61. The second kappa shape index (κ2) is 4.17. The van der Waals surface area contributed by atoms with Crippen molar-refractivity contribution in [1.82, 2.24) is 5.32 Å². The maximum absolute atomic E-state index is 10.9. The van der Waals surface area contributed by atoms with E-state index in [0.29, 0.717) is 12.3 Å². The predicted molar refractivity (Wildman–Crippen MR) is 55.9 cm³/mol. The monoisotopic (exact) mass is 246 g/mol. The predicted octanol–water partition coefficient (Wildman–Crippen LogP) is -0.460. The molecule has 0 unspecified atom stereocenters. The zero-order valence-electron chi connectivity index (χ0n) is 8.59. The molecule has 1 saturated carbocycles. The van der Waals surface area contributed by atoms with E-state index in [1.54, 1.807) is 6.07 Å². The quantitative estimate of drug-likeness (QED) is 0.666. The molecule has 1 fully saturated rings. The Morgan fingerprint density at radius 3 is 2.69 bits per heavy atom. The molecule has 2 rings (SSSR count). The average molecular weight is 246 g/mol. The van der Waals surface area contributed by atoms with Crippen molar-refractivity contribution in [2.24, 2.45) is 5.14 Å². The Labute approximate surface area is 93.5 Å². The highest BCUT2D eigenvalue weighted by molar-refractivity contribution is 7.89. The van der Waals surface area contributed by atoms with E-state index in [9.17, 15) is 8.42 Å². The van der Waals surface area contributed by atoms with Gasteiger partial charge in [-0.05, 0) is 25.0 Å². The Hall–Kier alpha value is -0.890. The number of aliphatic hydroxyl groups excluding tert-OH is 1. The largest absolute Gasteiger partial charge is 0.447 e. The first kappa shape index (κ1) is 11.6. The van der Waals surface area contributed by atoms with Crippen molar-refractivity contribution in [3.05, 3.63) is 17.9 Å². The van der Waals surface area contributed by atoms with Crippen LogP contribution in [0.2, 0.25) is 0 Å². The van der Waals surface area contributed by atoms with Crippen molar-refractivity contribution < 1.29 is 17.9 Å². The van der Waals surface area contributed by atoms with Crippen molar-refractivity contribution in [2.75, 3.05) is 0 Å². The Morgan fingerprint density at radius 2 is 2.19 bits per heavy atom. The Kier molecular flexibility index (Phi) is 3.02. The van der Waals surface area contributed by atoms with Crippen LogP contribution in [0.1, 0.15) is 18.6 Å². The zero-order valence-corrected chi connectivity index (χ0v) is 9.40. The molecule has 16 heavy (non-hydrogen) atoms. The number of furan rings is 1. The minimum absolute atomic E-state index is 0.214. The lowest BCUT2D eigenvalue weighted by molar-refractivity contribution is 0.0610. The lowest BCUT2D eigenvalue weighted by Crippen LogP contribution is -2.43. The molecule has 0 spiro atoms. The third kappa shape index (κ3) is 2.62. The lowest BCUT2D eigenvalue weighted by Gasteiger charge is -2.31. The average Bonchev–Trinajstić information content (AvgIpc) is 2.58. The minimum atomic E-state index is -3.76. The first-order valence-electron chi connectivity index (χ1n) is 4.98.